The lowest BCUT2D eigenvalue weighted by atomic mass is 10.1. The van der Waals surface area contributed by atoms with Gasteiger partial charge < -0.3 is 25.0 Å². The summed E-state index contributed by atoms with van der Waals surface area (Å²) in [6, 6.07) is 6.74. The maximum atomic E-state index is 12.3. The van der Waals surface area contributed by atoms with Gasteiger partial charge in [0.2, 0.25) is 5.91 Å². The van der Waals surface area contributed by atoms with Crippen LogP contribution in [0.5, 0.6) is 0 Å². The normalized spacial score (nSPS) is 11.7. The number of aliphatic hydroxyl groups is 1. The molecule has 0 aliphatic rings. The lowest BCUT2D eigenvalue weighted by Gasteiger charge is -2.17. The van der Waals surface area contributed by atoms with Crippen LogP contribution < -0.4 is 5.32 Å². The molecule has 2 rings (SSSR count). The van der Waals surface area contributed by atoms with E-state index in [1.54, 1.807) is 45.0 Å². The van der Waals surface area contributed by atoms with E-state index in [2.05, 4.69) is 10.3 Å². The Hall–Kier alpha value is -2.84. The summed E-state index contributed by atoms with van der Waals surface area (Å²) in [4.78, 5) is 40.6. The van der Waals surface area contributed by atoms with Crippen molar-refractivity contribution in [2.45, 2.75) is 26.9 Å². The van der Waals surface area contributed by atoms with E-state index < -0.39 is 30.5 Å². The number of carbonyl (C=O) groups is 3. The number of carbonyl (C=O) groups excluding carboxylic acids is 3. The van der Waals surface area contributed by atoms with Crippen molar-refractivity contribution in [2.75, 3.05) is 25.5 Å². The number of likely N-dealkylation sites (N-methyl/N-ethyl adjacent to an activating group) is 1. The molecule has 0 radical (unpaired) electrons. The SMILES string of the molecule is Cc1[nH]c(C(=O)OCC(=O)N(C)CC(=O)Nc2ccccc2Cl)c(C)c1[C@H](C)O. The van der Waals surface area contributed by atoms with Gasteiger partial charge in [-0.25, -0.2) is 4.79 Å². The second kappa shape index (κ2) is 9.58. The van der Waals surface area contributed by atoms with E-state index in [9.17, 15) is 19.5 Å². The van der Waals surface area contributed by atoms with E-state index in [-0.39, 0.29) is 12.2 Å². The molecule has 0 bridgehead atoms. The van der Waals surface area contributed by atoms with E-state index in [1.807, 2.05) is 0 Å². The lowest BCUT2D eigenvalue weighted by Crippen LogP contribution is -2.37. The van der Waals surface area contributed by atoms with E-state index in [0.29, 0.717) is 27.5 Å². The van der Waals surface area contributed by atoms with Crippen molar-refractivity contribution in [3.05, 3.63) is 51.8 Å². The molecule has 0 saturated heterocycles. The predicted molar refractivity (Wildman–Crippen MR) is 109 cm³/mol. The highest BCUT2D eigenvalue weighted by Gasteiger charge is 2.22. The molecule has 0 spiro atoms. The van der Waals surface area contributed by atoms with Gasteiger partial charge in [-0.2, -0.15) is 0 Å². The molecular weight excluding hydrogens is 398 g/mol. The first-order valence-corrected chi connectivity index (χ1v) is 9.32. The number of aromatic nitrogens is 1. The highest BCUT2D eigenvalue weighted by atomic mass is 35.5. The second-order valence-electron chi connectivity index (χ2n) is 6.69. The molecule has 8 nitrogen and oxygen atoms in total. The molecule has 0 unspecified atom stereocenters. The van der Waals surface area contributed by atoms with Crippen LogP contribution in [0.1, 0.15) is 40.3 Å². The van der Waals surface area contributed by atoms with Gasteiger partial charge in [0.05, 0.1) is 23.4 Å². The number of nitrogens with one attached hydrogen (secondary N) is 2. The Kier molecular flexibility index (Phi) is 7.41. The Balaban J connectivity index is 1.90. The van der Waals surface area contributed by atoms with E-state index in [4.69, 9.17) is 16.3 Å². The summed E-state index contributed by atoms with van der Waals surface area (Å²) in [5.41, 5.74) is 2.48. The maximum Gasteiger partial charge on any atom is 0.355 e. The van der Waals surface area contributed by atoms with Gasteiger partial charge in [-0.3, -0.25) is 9.59 Å². The van der Waals surface area contributed by atoms with Crippen LogP contribution in [-0.4, -0.2) is 53.0 Å². The molecule has 1 aromatic heterocycles. The van der Waals surface area contributed by atoms with Crippen LogP contribution in [-0.2, 0) is 14.3 Å². The summed E-state index contributed by atoms with van der Waals surface area (Å²) in [7, 11) is 1.43. The minimum absolute atomic E-state index is 0.185. The molecule has 0 saturated carbocycles. The van der Waals surface area contributed by atoms with Crippen LogP contribution in [0.3, 0.4) is 0 Å². The minimum Gasteiger partial charge on any atom is -0.451 e. The van der Waals surface area contributed by atoms with Crippen LogP contribution in [0.4, 0.5) is 5.69 Å². The van der Waals surface area contributed by atoms with Crippen molar-refractivity contribution in [1.82, 2.24) is 9.88 Å². The Labute approximate surface area is 173 Å². The average Bonchev–Trinajstić information content (AvgIpc) is 2.95. The zero-order valence-corrected chi connectivity index (χ0v) is 17.5. The van der Waals surface area contributed by atoms with Gasteiger partial charge in [-0.05, 0) is 38.5 Å². The fraction of sp³-hybridized carbons (Fsp3) is 0.350. The smallest absolute Gasteiger partial charge is 0.355 e. The summed E-state index contributed by atoms with van der Waals surface area (Å²) < 4.78 is 5.06. The van der Waals surface area contributed by atoms with Gasteiger partial charge in [0, 0.05) is 18.3 Å². The van der Waals surface area contributed by atoms with Gasteiger partial charge in [0.25, 0.3) is 5.91 Å². The number of benzene rings is 1. The molecule has 156 valence electrons. The number of aromatic amines is 1. The summed E-state index contributed by atoms with van der Waals surface area (Å²) >= 11 is 5.98. The molecule has 0 aliphatic carbocycles. The fourth-order valence-corrected chi connectivity index (χ4v) is 3.14. The number of rotatable bonds is 7. The molecule has 9 heteroatoms. The summed E-state index contributed by atoms with van der Waals surface area (Å²) in [6.07, 6.45) is -0.739. The van der Waals surface area contributed by atoms with Crippen molar-refractivity contribution in [3.8, 4) is 0 Å². The molecule has 2 amide bonds. The van der Waals surface area contributed by atoms with Crippen LogP contribution in [0, 0.1) is 13.8 Å². The molecule has 29 heavy (non-hydrogen) atoms. The monoisotopic (exact) mass is 421 g/mol. The molecule has 3 N–H and O–H groups in total. The van der Waals surface area contributed by atoms with E-state index >= 15 is 0 Å². The molecule has 0 aliphatic heterocycles. The third kappa shape index (κ3) is 5.58. The lowest BCUT2D eigenvalue weighted by molar-refractivity contribution is -0.136. The van der Waals surface area contributed by atoms with E-state index in [0.717, 1.165) is 4.90 Å². The first kappa shape index (κ1) is 22.4. The number of anilines is 1. The topological polar surface area (TPSA) is 112 Å². The third-order valence-corrected chi connectivity index (χ3v) is 4.73. The number of H-pyrrole nitrogens is 1. The number of aryl methyl sites for hydroxylation is 1. The molecular formula is C20H24ClN3O5. The highest BCUT2D eigenvalue weighted by molar-refractivity contribution is 6.33. The van der Waals surface area contributed by atoms with Crippen molar-refractivity contribution >= 4 is 35.1 Å². The second-order valence-corrected chi connectivity index (χ2v) is 7.10. The summed E-state index contributed by atoms with van der Waals surface area (Å²) in [5.74, 6) is -1.68. The van der Waals surface area contributed by atoms with Gasteiger partial charge in [-0.15, -0.1) is 0 Å². The number of hydrogen-bond acceptors (Lipinski definition) is 5. The number of ether oxygens (including phenoxy) is 1. The number of esters is 1. The number of para-hydroxylation sites is 1. The quantitative estimate of drug-likeness (QED) is 0.595. The van der Waals surface area contributed by atoms with Crippen molar-refractivity contribution in [3.63, 3.8) is 0 Å². The van der Waals surface area contributed by atoms with Crippen molar-refractivity contribution in [1.29, 1.82) is 0 Å². The molecule has 2 aromatic rings. The standard InChI is InChI=1S/C20H24ClN3O5/c1-11-18(13(3)25)12(2)22-19(11)20(28)29-10-17(27)24(4)9-16(26)23-15-8-6-5-7-14(15)21/h5-8,13,22,25H,9-10H2,1-4H3,(H,23,26)/t13-/m0/s1. The van der Waals surface area contributed by atoms with Gasteiger partial charge in [0.15, 0.2) is 6.61 Å². The summed E-state index contributed by atoms with van der Waals surface area (Å²) in [6.45, 7) is 4.28. The Morgan fingerprint density at radius 1 is 1.28 bits per heavy atom. The predicted octanol–water partition coefficient (Wildman–Crippen LogP) is 2.59. The largest absolute Gasteiger partial charge is 0.451 e. The number of aliphatic hydroxyl groups excluding tert-OH is 1. The summed E-state index contributed by atoms with van der Waals surface area (Å²) in [5, 5.41) is 12.8. The minimum atomic E-state index is -0.739. The third-order valence-electron chi connectivity index (χ3n) is 4.40. The van der Waals surface area contributed by atoms with Gasteiger partial charge >= 0.3 is 5.97 Å². The number of hydrogen-bond donors (Lipinski definition) is 3. The molecule has 1 aromatic carbocycles. The van der Waals surface area contributed by atoms with Crippen molar-refractivity contribution in [2.24, 2.45) is 0 Å². The molecule has 1 atom stereocenters. The fourth-order valence-electron chi connectivity index (χ4n) is 2.96. The number of halogens is 1. The molecule has 0 fully saturated rings. The number of nitrogens with zero attached hydrogens (tertiary/aromatic N) is 1. The first-order valence-electron chi connectivity index (χ1n) is 8.94. The van der Waals surface area contributed by atoms with Crippen LogP contribution >= 0.6 is 11.6 Å². The first-order chi connectivity index (χ1) is 13.6. The van der Waals surface area contributed by atoms with Gasteiger partial charge in [0.1, 0.15) is 5.69 Å². The number of amides is 2. The van der Waals surface area contributed by atoms with Crippen LogP contribution in [0.25, 0.3) is 0 Å². The van der Waals surface area contributed by atoms with Crippen LogP contribution in [0.15, 0.2) is 24.3 Å². The molecule has 1 heterocycles. The average molecular weight is 422 g/mol. The van der Waals surface area contributed by atoms with Crippen LogP contribution in [0.2, 0.25) is 5.02 Å². The van der Waals surface area contributed by atoms with Crippen molar-refractivity contribution < 1.29 is 24.2 Å². The zero-order chi connectivity index (χ0) is 21.7. The Bertz CT molecular complexity index is 923. The highest BCUT2D eigenvalue weighted by Crippen LogP contribution is 2.25. The van der Waals surface area contributed by atoms with E-state index in [1.165, 1.54) is 7.05 Å². The maximum absolute atomic E-state index is 12.3. The van der Waals surface area contributed by atoms with Gasteiger partial charge in [-0.1, -0.05) is 23.7 Å². The Morgan fingerprint density at radius 3 is 2.52 bits per heavy atom. The Morgan fingerprint density at radius 2 is 1.93 bits per heavy atom. The zero-order valence-electron chi connectivity index (χ0n) is 16.7.